The molecule has 1 amide bonds. The summed E-state index contributed by atoms with van der Waals surface area (Å²) in [6.07, 6.45) is -4.43. The molecule has 134 valence electrons. The Morgan fingerprint density at radius 2 is 1.62 bits per heavy atom. The van der Waals surface area contributed by atoms with Crippen LogP contribution in [0.2, 0.25) is 0 Å². The van der Waals surface area contributed by atoms with Gasteiger partial charge in [-0.15, -0.1) is 0 Å². The van der Waals surface area contributed by atoms with Gasteiger partial charge in [0, 0.05) is 5.56 Å². The van der Waals surface area contributed by atoms with E-state index in [2.05, 4.69) is 10.4 Å². The van der Waals surface area contributed by atoms with Crippen LogP contribution >= 0.6 is 0 Å². The second kappa shape index (κ2) is 6.67. The summed E-state index contributed by atoms with van der Waals surface area (Å²) in [7, 11) is 0. The molecule has 2 aromatic carbocycles. The molecule has 0 fully saturated rings. The monoisotopic (exact) mass is 359 g/mol. The van der Waals surface area contributed by atoms with Crippen LogP contribution in [0.15, 0.2) is 54.6 Å². The van der Waals surface area contributed by atoms with Crippen LogP contribution < -0.4 is 5.32 Å². The van der Waals surface area contributed by atoms with Gasteiger partial charge in [0.25, 0.3) is 5.91 Å². The third-order valence-electron chi connectivity index (χ3n) is 4.01. The van der Waals surface area contributed by atoms with Crippen molar-refractivity contribution in [1.29, 1.82) is 0 Å². The number of nitrogens with zero attached hydrogens (tertiary/aromatic N) is 2. The van der Waals surface area contributed by atoms with E-state index in [1.54, 1.807) is 11.6 Å². The molecule has 1 aromatic heterocycles. The van der Waals surface area contributed by atoms with Gasteiger partial charge in [-0.05, 0) is 50.2 Å². The van der Waals surface area contributed by atoms with Crippen molar-refractivity contribution in [3.05, 3.63) is 77.1 Å². The van der Waals surface area contributed by atoms with E-state index in [9.17, 15) is 18.0 Å². The zero-order valence-corrected chi connectivity index (χ0v) is 14.1. The molecule has 0 atom stereocenters. The molecular formula is C19H16F3N3O. The lowest BCUT2D eigenvalue weighted by atomic mass is 10.1. The summed E-state index contributed by atoms with van der Waals surface area (Å²) in [6.45, 7) is 3.57. The normalized spacial score (nSPS) is 11.4. The molecule has 0 aliphatic carbocycles. The molecule has 3 rings (SSSR count). The van der Waals surface area contributed by atoms with Crippen molar-refractivity contribution in [2.75, 3.05) is 5.32 Å². The number of halogens is 3. The van der Waals surface area contributed by atoms with Crippen LogP contribution in [0.25, 0.3) is 5.69 Å². The first-order chi connectivity index (χ1) is 12.3. The van der Waals surface area contributed by atoms with E-state index >= 15 is 0 Å². The summed E-state index contributed by atoms with van der Waals surface area (Å²) in [6, 6.07) is 13.5. The Morgan fingerprint density at radius 1 is 1.00 bits per heavy atom. The number of amides is 1. The molecule has 0 aliphatic heterocycles. The molecule has 4 nitrogen and oxygen atoms in total. The molecular weight excluding hydrogens is 343 g/mol. The highest BCUT2D eigenvalue weighted by Gasteiger charge is 2.30. The van der Waals surface area contributed by atoms with Crippen LogP contribution in [0.4, 0.5) is 18.9 Å². The van der Waals surface area contributed by atoms with Crippen molar-refractivity contribution in [3.8, 4) is 5.69 Å². The van der Waals surface area contributed by atoms with E-state index in [4.69, 9.17) is 0 Å². The van der Waals surface area contributed by atoms with Gasteiger partial charge >= 0.3 is 6.18 Å². The smallest absolute Gasteiger partial charge is 0.319 e. The summed E-state index contributed by atoms with van der Waals surface area (Å²) < 4.78 is 39.6. The van der Waals surface area contributed by atoms with Crippen LogP contribution in [0.3, 0.4) is 0 Å². The third-order valence-corrected chi connectivity index (χ3v) is 4.01. The summed E-state index contributed by atoms with van der Waals surface area (Å²) in [5, 5.41) is 7.17. The molecule has 0 radical (unpaired) electrons. The van der Waals surface area contributed by atoms with Gasteiger partial charge in [0.05, 0.1) is 28.3 Å². The Hall–Kier alpha value is -3.09. The van der Waals surface area contributed by atoms with Gasteiger partial charge in [-0.2, -0.15) is 18.3 Å². The summed E-state index contributed by atoms with van der Waals surface area (Å²) in [5.74, 6) is -0.488. The van der Waals surface area contributed by atoms with Crippen molar-refractivity contribution in [1.82, 2.24) is 9.78 Å². The molecule has 26 heavy (non-hydrogen) atoms. The molecule has 1 heterocycles. The lowest BCUT2D eigenvalue weighted by Gasteiger charge is -2.09. The van der Waals surface area contributed by atoms with Crippen molar-refractivity contribution in [2.24, 2.45) is 0 Å². The van der Waals surface area contributed by atoms with E-state index in [0.29, 0.717) is 11.4 Å². The predicted octanol–water partition coefficient (Wildman–Crippen LogP) is 4.76. The zero-order chi connectivity index (χ0) is 18.9. The fraction of sp³-hybridized carbons (Fsp3) is 0.158. The van der Waals surface area contributed by atoms with E-state index in [0.717, 1.165) is 35.6 Å². The van der Waals surface area contributed by atoms with Gasteiger partial charge in [-0.25, -0.2) is 4.68 Å². The van der Waals surface area contributed by atoms with E-state index < -0.39 is 17.6 Å². The number of rotatable bonds is 3. The van der Waals surface area contributed by atoms with E-state index in [1.807, 2.05) is 37.3 Å². The van der Waals surface area contributed by atoms with Crippen molar-refractivity contribution < 1.29 is 18.0 Å². The second-order valence-corrected chi connectivity index (χ2v) is 5.82. The second-order valence-electron chi connectivity index (χ2n) is 5.82. The Bertz CT molecular complexity index is 929. The summed E-state index contributed by atoms with van der Waals surface area (Å²) in [4.78, 5) is 12.4. The van der Waals surface area contributed by atoms with Gasteiger partial charge in [-0.1, -0.05) is 18.2 Å². The first-order valence-electron chi connectivity index (χ1n) is 7.87. The predicted molar refractivity (Wildman–Crippen MR) is 92.4 cm³/mol. The first kappa shape index (κ1) is 17.7. The van der Waals surface area contributed by atoms with E-state index in [-0.39, 0.29) is 5.56 Å². The maximum atomic E-state index is 12.6. The Morgan fingerprint density at radius 3 is 2.19 bits per heavy atom. The fourth-order valence-electron chi connectivity index (χ4n) is 2.64. The number of carbonyl (C=O) groups is 1. The molecule has 0 bridgehead atoms. The van der Waals surface area contributed by atoms with Crippen molar-refractivity contribution in [2.45, 2.75) is 20.0 Å². The quantitative estimate of drug-likeness (QED) is 0.733. The SMILES string of the molecule is Cc1nn(-c2ccccc2)c(C)c1NC(=O)c1ccc(C(F)(F)F)cc1. The Balaban J connectivity index is 1.85. The van der Waals surface area contributed by atoms with Crippen LogP contribution in [0.5, 0.6) is 0 Å². The molecule has 0 saturated carbocycles. The lowest BCUT2D eigenvalue weighted by molar-refractivity contribution is -0.137. The van der Waals surface area contributed by atoms with Crippen LogP contribution in [0.1, 0.15) is 27.3 Å². The average molecular weight is 359 g/mol. The number of nitrogens with one attached hydrogen (secondary N) is 1. The number of aryl methyl sites for hydroxylation is 1. The molecule has 0 unspecified atom stereocenters. The standard InChI is InChI=1S/C19H16F3N3O/c1-12-17(13(2)25(24-12)16-6-4-3-5-7-16)23-18(26)14-8-10-15(11-9-14)19(20,21)22/h3-11H,1-2H3,(H,23,26). The summed E-state index contributed by atoms with van der Waals surface area (Å²) in [5.41, 5.74) is 2.09. The third kappa shape index (κ3) is 3.46. The van der Waals surface area contributed by atoms with Gasteiger partial charge < -0.3 is 5.32 Å². The van der Waals surface area contributed by atoms with Gasteiger partial charge in [0.2, 0.25) is 0 Å². The number of alkyl halides is 3. The Kier molecular flexibility index (Phi) is 4.54. The molecule has 0 aliphatic rings. The van der Waals surface area contributed by atoms with Gasteiger partial charge in [0.15, 0.2) is 0 Å². The zero-order valence-electron chi connectivity index (χ0n) is 14.1. The maximum Gasteiger partial charge on any atom is 0.416 e. The number of benzene rings is 2. The first-order valence-corrected chi connectivity index (χ1v) is 7.87. The highest BCUT2D eigenvalue weighted by molar-refractivity contribution is 6.04. The van der Waals surface area contributed by atoms with E-state index in [1.165, 1.54) is 0 Å². The summed E-state index contributed by atoms with van der Waals surface area (Å²) >= 11 is 0. The topological polar surface area (TPSA) is 46.9 Å². The number of para-hydroxylation sites is 1. The highest BCUT2D eigenvalue weighted by Crippen LogP contribution is 2.29. The molecule has 7 heteroatoms. The molecule has 3 aromatic rings. The van der Waals surface area contributed by atoms with Crippen molar-refractivity contribution >= 4 is 11.6 Å². The fourth-order valence-corrected chi connectivity index (χ4v) is 2.64. The van der Waals surface area contributed by atoms with Crippen LogP contribution in [-0.4, -0.2) is 15.7 Å². The van der Waals surface area contributed by atoms with Crippen LogP contribution in [0, 0.1) is 13.8 Å². The largest absolute Gasteiger partial charge is 0.416 e. The number of carbonyl (C=O) groups excluding carboxylic acids is 1. The maximum absolute atomic E-state index is 12.6. The molecule has 0 saturated heterocycles. The Labute approximate surface area is 148 Å². The molecule has 0 spiro atoms. The molecule has 1 N–H and O–H groups in total. The number of hydrogen-bond donors (Lipinski definition) is 1. The lowest BCUT2D eigenvalue weighted by Crippen LogP contribution is -2.14. The average Bonchev–Trinajstić information content (AvgIpc) is 2.90. The van der Waals surface area contributed by atoms with Crippen LogP contribution in [-0.2, 0) is 6.18 Å². The number of anilines is 1. The highest BCUT2D eigenvalue weighted by atomic mass is 19.4. The number of aromatic nitrogens is 2. The minimum atomic E-state index is -4.43. The number of hydrogen-bond acceptors (Lipinski definition) is 2. The van der Waals surface area contributed by atoms with Gasteiger partial charge in [-0.3, -0.25) is 4.79 Å². The van der Waals surface area contributed by atoms with Gasteiger partial charge in [0.1, 0.15) is 0 Å². The van der Waals surface area contributed by atoms with Crippen molar-refractivity contribution in [3.63, 3.8) is 0 Å². The minimum absolute atomic E-state index is 0.143. The minimum Gasteiger partial charge on any atom is -0.319 e.